The molecule has 14 nitrogen and oxygen atoms in total. The molecule has 0 saturated heterocycles. The van der Waals surface area contributed by atoms with Crippen LogP contribution in [0.2, 0.25) is 0 Å². The van der Waals surface area contributed by atoms with Crippen molar-refractivity contribution in [1.29, 1.82) is 0 Å². The van der Waals surface area contributed by atoms with Crippen LogP contribution in [0.25, 0.3) is 0 Å². The van der Waals surface area contributed by atoms with E-state index in [1.807, 2.05) is 6.92 Å². The van der Waals surface area contributed by atoms with Gasteiger partial charge < -0.3 is 47.0 Å². The van der Waals surface area contributed by atoms with Gasteiger partial charge in [0.25, 0.3) is 5.91 Å². The standard InChI is InChI=1S/C34H40N4O10/c1-5-6-13-36-24(15-7-9-16(39)10-8-15)33(47)37-18-12-11-17-14(2)19-21(27(41)20(17)26(18)40)30(44)34(48)23(28(19)42)25(38(3)4)29(43)22(31(34)45)32(35)46/h7-12,14,19,23-25,28,36,39-40,42-44,48H,5-6,13H2,1-4H3,(H2,35,46)(H,37,47)/t14?,19?,23?,24?,25-,28?,34-/m0/s1. The number of fused-ring (bicyclic) bond motifs is 3. The van der Waals surface area contributed by atoms with Crippen LogP contribution in [0.3, 0.4) is 0 Å². The number of carbonyl (C=O) groups is 4. The van der Waals surface area contributed by atoms with Crippen molar-refractivity contribution in [2.24, 2.45) is 17.6 Å². The number of aliphatic hydroxyl groups excluding tert-OH is 3. The number of rotatable bonds is 9. The van der Waals surface area contributed by atoms with E-state index in [0.717, 1.165) is 12.8 Å². The van der Waals surface area contributed by atoms with Gasteiger partial charge in [-0.3, -0.25) is 24.1 Å². The third-order valence-electron chi connectivity index (χ3n) is 9.76. The van der Waals surface area contributed by atoms with Gasteiger partial charge in [-0.25, -0.2) is 0 Å². The Morgan fingerprint density at radius 3 is 2.27 bits per heavy atom. The Labute approximate surface area is 276 Å². The van der Waals surface area contributed by atoms with E-state index in [1.54, 1.807) is 19.1 Å². The van der Waals surface area contributed by atoms with E-state index in [4.69, 9.17) is 5.73 Å². The zero-order valence-corrected chi connectivity index (χ0v) is 26.9. The highest BCUT2D eigenvalue weighted by atomic mass is 16.4. The molecule has 14 heteroatoms. The Kier molecular flexibility index (Phi) is 9.14. The predicted molar refractivity (Wildman–Crippen MR) is 172 cm³/mol. The molecule has 2 aromatic rings. The number of hydrogen-bond donors (Lipinski definition) is 9. The molecule has 0 bridgehead atoms. The highest BCUT2D eigenvalue weighted by molar-refractivity contribution is 6.25. The van der Waals surface area contributed by atoms with Gasteiger partial charge in [-0.15, -0.1) is 0 Å². The molecular formula is C34H40N4O10. The van der Waals surface area contributed by atoms with Crippen molar-refractivity contribution in [2.75, 3.05) is 26.0 Å². The molecule has 0 aliphatic heterocycles. The van der Waals surface area contributed by atoms with E-state index in [-0.39, 0.29) is 22.6 Å². The zero-order chi connectivity index (χ0) is 35.4. The maximum Gasteiger partial charge on any atom is 0.255 e. The largest absolute Gasteiger partial charge is 0.510 e. The first-order valence-electron chi connectivity index (χ1n) is 15.6. The number of aliphatic hydroxyl groups is 4. The monoisotopic (exact) mass is 664 g/mol. The SMILES string of the molecule is CCCCNC(C(=O)Nc1ccc2c(c1O)C(=O)C1=C(O)[C@]3(O)C(=O)C(C(N)=O)=C(O)[C@@H](N(C)C)C3C(O)C1C2C)c1ccc(O)cc1. The van der Waals surface area contributed by atoms with E-state index in [2.05, 4.69) is 10.6 Å². The summed E-state index contributed by atoms with van der Waals surface area (Å²) in [4.78, 5) is 54.9. The molecule has 0 radical (unpaired) electrons. The Hall–Kier alpha value is -4.76. The summed E-state index contributed by atoms with van der Waals surface area (Å²) in [5, 5.41) is 73.1. The van der Waals surface area contributed by atoms with Crippen LogP contribution in [0.1, 0.15) is 60.1 Å². The maximum absolute atomic E-state index is 14.2. The molecule has 3 aliphatic carbocycles. The number of phenolic OH excluding ortho intramolecular Hbond substituents is 2. The second-order valence-electron chi connectivity index (χ2n) is 12.8. The van der Waals surface area contributed by atoms with E-state index < -0.39 is 93.3 Å². The Balaban J connectivity index is 1.59. The van der Waals surface area contributed by atoms with E-state index in [1.165, 1.54) is 43.3 Å². The molecule has 3 aliphatic rings. The van der Waals surface area contributed by atoms with Crippen molar-refractivity contribution < 1.29 is 49.8 Å². The van der Waals surface area contributed by atoms with Crippen molar-refractivity contribution in [3.8, 4) is 11.5 Å². The summed E-state index contributed by atoms with van der Waals surface area (Å²) >= 11 is 0. The summed E-state index contributed by atoms with van der Waals surface area (Å²) in [6.45, 7) is 4.09. The molecule has 0 heterocycles. The fraction of sp³-hybridized carbons (Fsp3) is 0.412. The van der Waals surface area contributed by atoms with Crippen molar-refractivity contribution in [1.82, 2.24) is 10.2 Å². The average molecular weight is 665 g/mol. The fourth-order valence-electron chi connectivity index (χ4n) is 7.38. The number of anilines is 1. The highest BCUT2D eigenvalue weighted by Crippen LogP contribution is 2.56. The Morgan fingerprint density at radius 2 is 1.69 bits per heavy atom. The van der Waals surface area contributed by atoms with Crippen molar-refractivity contribution in [2.45, 2.75) is 56.4 Å². The van der Waals surface area contributed by atoms with Crippen molar-refractivity contribution in [3.63, 3.8) is 0 Å². The Bertz CT molecular complexity index is 1750. The second-order valence-corrected chi connectivity index (χ2v) is 12.8. The number of likely N-dealkylation sites (N-methyl/N-ethyl adjacent to an activating group) is 1. The molecule has 5 rings (SSSR count). The number of hydrogen-bond acceptors (Lipinski definition) is 12. The summed E-state index contributed by atoms with van der Waals surface area (Å²) in [5.74, 6) is -10.7. The molecule has 0 spiro atoms. The van der Waals surface area contributed by atoms with Gasteiger partial charge in [-0.2, -0.15) is 0 Å². The third-order valence-corrected chi connectivity index (χ3v) is 9.76. The molecule has 0 fully saturated rings. The van der Waals surface area contributed by atoms with Crippen molar-refractivity contribution >= 4 is 29.1 Å². The summed E-state index contributed by atoms with van der Waals surface area (Å²) in [7, 11) is 2.92. The molecule has 48 heavy (non-hydrogen) atoms. The summed E-state index contributed by atoms with van der Waals surface area (Å²) < 4.78 is 0. The number of nitrogens with zero attached hydrogens (tertiary/aromatic N) is 1. The van der Waals surface area contributed by atoms with Gasteiger partial charge in [0, 0.05) is 11.5 Å². The number of unbranched alkanes of at least 4 members (excludes halogenated alkanes) is 1. The zero-order valence-electron chi connectivity index (χ0n) is 26.9. The number of carbonyl (C=O) groups excluding carboxylic acids is 4. The second kappa shape index (κ2) is 12.7. The summed E-state index contributed by atoms with van der Waals surface area (Å²) in [6.07, 6.45) is -0.0897. The van der Waals surface area contributed by atoms with Crippen LogP contribution in [0.4, 0.5) is 5.69 Å². The number of phenols is 2. The van der Waals surface area contributed by atoms with Crippen LogP contribution in [-0.2, 0) is 14.4 Å². The highest BCUT2D eigenvalue weighted by Gasteiger charge is 2.67. The van der Waals surface area contributed by atoms with Crippen LogP contribution in [0.15, 0.2) is 59.1 Å². The van der Waals surface area contributed by atoms with Gasteiger partial charge in [-0.1, -0.05) is 38.5 Å². The number of aromatic hydroxyl groups is 2. The van der Waals surface area contributed by atoms with Crippen LogP contribution < -0.4 is 16.4 Å². The molecule has 0 saturated carbocycles. The van der Waals surface area contributed by atoms with E-state index >= 15 is 0 Å². The fourth-order valence-corrected chi connectivity index (χ4v) is 7.38. The molecule has 2 aromatic carbocycles. The van der Waals surface area contributed by atoms with Crippen molar-refractivity contribution in [3.05, 3.63) is 75.8 Å². The van der Waals surface area contributed by atoms with Gasteiger partial charge >= 0.3 is 0 Å². The summed E-state index contributed by atoms with van der Waals surface area (Å²) in [6, 6.07) is 6.64. The first-order chi connectivity index (χ1) is 22.6. The van der Waals surface area contributed by atoms with Gasteiger partial charge in [0.1, 0.15) is 28.9 Å². The van der Waals surface area contributed by atoms with Gasteiger partial charge in [0.15, 0.2) is 17.1 Å². The number of primary amides is 1. The number of amides is 2. The van der Waals surface area contributed by atoms with Crippen LogP contribution in [0.5, 0.6) is 11.5 Å². The molecular weight excluding hydrogens is 624 g/mol. The minimum atomic E-state index is -3.04. The lowest BCUT2D eigenvalue weighted by Crippen LogP contribution is -2.68. The van der Waals surface area contributed by atoms with Gasteiger partial charge in [0.05, 0.1) is 29.3 Å². The lowest BCUT2D eigenvalue weighted by molar-refractivity contribution is -0.162. The Morgan fingerprint density at radius 1 is 1.04 bits per heavy atom. The minimum absolute atomic E-state index is 0.0111. The topological polar surface area (TPSA) is 243 Å². The van der Waals surface area contributed by atoms with Crippen LogP contribution in [0, 0.1) is 11.8 Å². The number of nitrogens with one attached hydrogen (secondary N) is 2. The molecule has 7 atom stereocenters. The molecule has 256 valence electrons. The molecule has 2 amide bonds. The third kappa shape index (κ3) is 5.21. The number of Topliss-reactive ketones (excluding diaryl/α,β-unsaturated/α-hetero) is 2. The molecule has 0 aromatic heterocycles. The van der Waals surface area contributed by atoms with Gasteiger partial charge in [-0.05, 0) is 62.3 Å². The number of benzene rings is 2. The van der Waals surface area contributed by atoms with Crippen LogP contribution >= 0.6 is 0 Å². The first kappa shape index (κ1) is 34.6. The lowest BCUT2D eigenvalue weighted by Gasteiger charge is -2.53. The number of nitrogens with two attached hydrogens (primary N) is 1. The molecule has 5 unspecified atom stereocenters. The lowest BCUT2D eigenvalue weighted by atomic mass is 9.55. The normalized spacial score (nSPS) is 27.4. The summed E-state index contributed by atoms with van der Waals surface area (Å²) in [5.41, 5.74) is 1.13. The van der Waals surface area contributed by atoms with E-state index in [0.29, 0.717) is 12.1 Å². The maximum atomic E-state index is 14.2. The minimum Gasteiger partial charge on any atom is -0.510 e. The average Bonchev–Trinajstić information content (AvgIpc) is 3.02. The first-order valence-corrected chi connectivity index (χ1v) is 15.6. The van der Waals surface area contributed by atoms with Gasteiger partial charge in [0.2, 0.25) is 11.7 Å². The quantitative estimate of drug-likeness (QED) is 0.105. The van der Waals surface area contributed by atoms with E-state index in [9.17, 15) is 49.8 Å². The smallest absolute Gasteiger partial charge is 0.255 e. The molecule has 10 N–H and O–H groups in total. The predicted octanol–water partition coefficient (Wildman–Crippen LogP) is 1.43. The van der Waals surface area contributed by atoms with Crippen LogP contribution in [-0.4, -0.2) is 97.3 Å². The number of ketones is 2.